The fraction of sp³-hybridized carbons (Fsp3) is 0.462. The highest BCUT2D eigenvalue weighted by Gasteiger charge is 2.21. The van der Waals surface area contributed by atoms with Gasteiger partial charge >= 0.3 is 5.97 Å². The molecule has 0 atom stereocenters. The Bertz CT molecular complexity index is 392. The third-order valence-corrected chi connectivity index (χ3v) is 3.31. The van der Waals surface area contributed by atoms with Crippen molar-refractivity contribution in [2.24, 2.45) is 0 Å². The number of rotatable bonds is 2. The Morgan fingerprint density at radius 2 is 1.88 bits per heavy atom. The van der Waals surface area contributed by atoms with E-state index in [4.69, 9.17) is 5.11 Å². The third-order valence-electron chi connectivity index (χ3n) is 3.31. The van der Waals surface area contributed by atoms with Crippen LogP contribution in [0.1, 0.15) is 53.9 Å². The number of carbonyl (C=O) groups is 1. The van der Waals surface area contributed by atoms with Gasteiger partial charge in [-0.15, -0.1) is 0 Å². The summed E-state index contributed by atoms with van der Waals surface area (Å²) in [5.41, 5.74) is 1.14. The van der Waals surface area contributed by atoms with Gasteiger partial charge in [-0.1, -0.05) is 25.3 Å². The van der Waals surface area contributed by atoms with Gasteiger partial charge < -0.3 is 10.2 Å². The molecule has 86 valence electrons. The third kappa shape index (κ3) is 2.18. The lowest BCUT2D eigenvalue weighted by atomic mass is 9.82. The lowest BCUT2D eigenvalue weighted by Gasteiger charge is -2.23. The maximum atomic E-state index is 11.1. The Balaban J connectivity index is 2.34. The molecule has 0 aliphatic heterocycles. The summed E-state index contributed by atoms with van der Waals surface area (Å²) in [6.45, 7) is 0. The Hall–Kier alpha value is -1.51. The van der Waals surface area contributed by atoms with E-state index in [1.165, 1.54) is 25.3 Å². The minimum absolute atomic E-state index is 0.0250. The second-order valence-electron chi connectivity index (χ2n) is 4.41. The fourth-order valence-corrected chi connectivity index (χ4v) is 2.50. The second kappa shape index (κ2) is 4.56. The van der Waals surface area contributed by atoms with E-state index >= 15 is 0 Å². The van der Waals surface area contributed by atoms with Crippen LogP contribution in [-0.4, -0.2) is 16.2 Å². The molecule has 0 unspecified atom stereocenters. The number of hydrogen-bond donors (Lipinski definition) is 2. The molecule has 1 aromatic carbocycles. The maximum absolute atomic E-state index is 11.1. The lowest BCUT2D eigenvalue weighted by Crippen LogP contribution is -2.10. The number of carboxylic acids is 1. The lowest BCUT2D eigenvalue weighted by molar-refractivity contribution is 0.0694. The zero-order valence-electron chi connectivity index (χ0n) is 9.15. The van der Waals surface area contributed by atoms with E-state index in [0.29, 0.717) is 5.92 Å². The van der Waals surface area contributed by atoms with Gasteiger partial charge in [-0.25, -0.2) is 4.79 Å². The van der Waals surface area contributed by atoms with Crippen LogP contribution < -0.4 is 0 Å². The first-order valence-electron chi connectivity index (χ1n) is 5.74. The smallest absolute Gasteiger partial charge is 0.336 e. The van der Waals surface area contributed by atoms with Gasteiger partial charge in [0.15, 0.2) is 0 Å². The van der Waals surface area contributed by atoms with Crippen LogP contribution in [0.25, 0.3) is 0 Å². The predicted octanol–water partition coefficient (Wildman–Crippen LogP) is 3.14. The highest BCUT2D eigenvalue weighted by molar-refractivity contribution is 5.90. The fourth-order valence-electron chi connectivity index (χ4n) is 2.50. The maximum Gasteiger partial charge on any atom is 0.336 e. The Kier molecular flexibility index (Phi) is 3.13. The topological polar surface area (TPSA) is 57.5 Å². The molecule has 0 aromatic heterocycles. The number of aromatic carboxylic acids is 1. The van der Waals surface area contributed by atoms with Crippen molar-refractivity contribution in [2.45, 2.75) is 38.0 Å². The second-order valence-corrected chi connectivity index (χ2v) is 4.41. The largest absolute Gasteiger partial charge is 0.508 e. The van der Waals surface area contributed by atoms with Crippen LogP contribution in [-0.2, 0) is 0 Å². The number of hydrogen-bond acceptors (Lipinski definition) is 2. The number of benzene rings is 1. The molecule has 16 heavy (non-hydrogen) atoms. The van der Waals surface area contributed by atoms with E-state index in [0.717, 1.165) is 18.4 Å². The first-order valence-corrected chi connectivity index (χ1v) is 5.74. The predicted molar refractivity (Wildman–Crippen MR) is 60.9 cm³/mol. The van der Waals surface area contributed by atoms with Crippen LogP contribution in [0.3, 0.4) is 0 Å². The van der Waals surface area contributed by atoms with E-state index in [9.17, 15) is 9.90 Å². The molecule has 1 aromatic rings. The van der Waals surface area contributed by atoms with Gasteiger partial charge in [0, 0.05) is 0 Å². The molecule has 2 N–H and O–H groups in total. The average Bonchev–Trinajstić information content (AvgIpc) is 2.30. The summed E-state index contributed by atoms with van der Waals surface area (Å²) in [6, 6.07) is 4.69. The first kappa shape index (κ1) is 11.0. The number of carboxylic acid groups (broad SMARTS) is 1. The van der Waals surface area contributed by atoms with Crippen LogP contribution in [0.15, 0.2) is 18.2 Å². The Labute approximate surface area is 94.7 Å². The first-order chi connectivity index (χ1) is 7.68. The van der Waals surface area contributed by atoms with Crippen molar-refractivity contribution >= 4 is 5.97 Å². The molecule has 0 bridgehead atoms. The molecule has 0 radical (unpaired) electrons. The number of phenols is 1. The number of phenolic OH excluding ortho intramolecular Hbond substituents is 1. The molecule has 0 heterocycles. The van der Waals surface area contributed by atoms with Gasteiger partial charge in [-0.05, 0) is 36.5 Å². The molecule has 0 amide bonds. The summed E-state index contributed by atoms with van der Waals surface area (Å²) in [5.74, 6) is -0.575. The molecule has 2 rings (SSSR count). The molecule has 1 saturated carbocycles. The Morgan fingerprint density at radius 1 is 1.19 bits per heavy atom. The van der Waals surface area contributed by atoms with Crippen molar-refractivity contribution in [3.63, 3.8) is 0 Å². The zero-order valence-corrected chi connectivity index (χ0v) is 9.15. The SMILES string of the molecule is O=C(O)c1cc(O)ccc1C1CCCCC1. The van der Waals surface area contributed by atoms with Gasteiger partial charge in [-0.3, -0.25) is 0 Å². The monoisotopic (exact) mass is 220 g/mol. The van der Waals surface area contributed by atoms with Crippen LogP contribution in [0.2, 0.25) is 0 Å². The molecule has 0 spiro atoms. The molecule has 3 heteroatoms. The average molecular weight is 220 g/mol. The highest BCUT2D eigenvalue weighted by atomic mass is 16.4. The summed E-state index contributed by atoms with van der Waals surface area (Å²) in [5, 5.41) is 18.4. The van der Waals surface area contributed by atoms with Gasteiger partial charge in [0.05, 0.1) is 5.56 Å². The molecular weight excluding hydrogens is 204 g/mol. The van der Waals surface area contributed by atoms with E-state index in [1.54, 1.807) is 12.1 Å². The minimum Gasteiger partial charge on any atom is -0.508 e. The molecule has 1 aliphatic carbocycles. The van der Waals surface area contributed by atoms with Crippen molar-refractivity contribution in [3.8, 4) is 5.75 Å². The molecule has 1 aliphatic rings. The minimum atomic E-state index is -0.948. The summed E-state index contributed by atoms with van der Waals surface area (Å²) in [6.07, 6.45) is 5.71. The van der Waals surface area contributed by atoms with Gasteiger partial charge in [-0.2, -0.15) is 0 Å². The Morgan fingerprint density at radius 3 is 2.50 bits per heavy atom. The van der Waals surface area contributed by atoms with Gasteiger partial charge in [0.2, 0.25) is 0 Å². The summed E-state index contributed by atoms with van der Waals surface area (Å²) in [4.78, 5) is 11.1. The van der Waals surface area contributed by atoms with Gasteiger partial charge in [0.25, 0.3) is 0 Å². The molecule has 3 nitrogen and oxygen atoms in total. The molecule has 1 fully saturated rings. The highest BCUT2D eigenvalue weighted by Crippen LogP contribution is 2.35. The van der Waals surface area contributed by atoms with Crippen LogP contribution in [0, 0.1) is 0 Å². The molecule has 0 saturated heterocycles. The summed E-state index contributed by atoms with van der Waals surface area (Å²) in [7, 11) is 0. The van der Waals surface area contributed by atoms with Crippen molar-refractivity contribution < 1.29 is 15.0 Å². The van der Waals surface area contributed by atoms with Crippen molar-refractivity contribution in [1.29, 1.82) is 0 Å². The quantitative estimate of drug-likeness (QED) is 0.805. The number of aromatic hydroxyl groups is 1. The van der Waals surface area contributed by atoms with Crippen molar-refractivity contribution in [1.82, 2.24) is 0 Å². The van der Waals surface area contributed by atoms with Crippen LogP contribution >= 0.6 is 0 Å². The van der Waals surface area contributed by atoms with Crippen molar-refractivity contribution in [3.05, 3.63) is 29.3 Å². The van der Waals surface area contributed by atoms with Gasteiger partial charge in [0.1, 0.15) is 5.75 Å². The van der Waals surface area contributed by atoms with Crippen molar-refractivity contribution in [2.75, 3.05) is 0 Å². The van der Waals surface area contributed by atoms with E-state index in [2.05, 4.69) is 0 Å². The van der Waals surface area contributed by atoms with E-state index in [-0.39, 0.29) is 11.3 Å². The summed E-state index contributed by atoms with van der Waals surface area (Å²) >= 11 is 0. The zero-order chi connectivity index (χ0) is 11.5. The summed E-state index contributed by atoms with van der Waals surface area (Å²) < 4.78 is 0. The standard InChI is InChI=1S/C13H16O3/c14-10-6-7-11(12(8-10)13(15)16)9-4-2-1-3-5-9/h6-9,14H,1-5H2,(H,15,16). The van der Waals surface area contributed by atoms with Crippen LogP contribution in [0.4, 0.5) is 0 Å². The normalized spacial score (nSPS) is 17.2. The van der Waals surface area contributed by atoms with E-state index in [1.807, 2.05) is 0 Å². The van der Waals surface area contributed by atoms with E-state index < -0.39 is 5.97 Å². The van der Waals surface area contributed by atoms with Crippen LogP contribution in [0.5, 0.6) is 5.75 Å². The molecular formula is C13H16O3.